The summed E-state index contributed by atoms with van der Waals surface area (Å²) in [6, 6.07) is 7.48. The van der Waals surface area contributed by atoms with Gasteiger partial charge in [0, 0.05) is 19.6 Å². The SMILES string of the molecule is CCNS(=O)(=O)NCc1ccccc1CN. The molecule has 0 atom stereocenters. The Morgan fingerprint density at radius 1 is 1.19 bits per heavy atom. The molecule has 4 N–H and O–H groups in total. The highest BCUT2D eigenvalue weighted by Crippen LogP contribution is 2.07. The van der Waals surface area contributed by atoms with Crippen molar-refractivity contribution in [1.29, 1.82) is 0 Å². The molecule has 0 saturated heterocycles. The molecule has 0 aliphatic carbocycles. The van der Waals surface area contributed by atoms with Gasteiger partial charge in [-0.1, -0.05) is 31.2 Å². The average Bonchev–Trinajstić information content (AvgIpc) is 2.27. The van der Waals surface area contributed by atoms with Crippen molar-refractivity contribution in [2.75, 3.05) is 6.54 Å². The standard InChI is InChI=1S/C10H17N3O2S/c1-2-12-16(14,15)13-8-10-6-4-3-5-9(10)7-11/h3-6,12-13H,2,7-8,11H2,1H3. The maximum absolute atomic E-state index is 11.4. The van der Waals surface area contributed by atoms with Crippen LogP contribution in [0.5, 0.6) is 0 Å². The molecule has 1 aromatic carbocycles. The van der Waals surface area contributed by atoms with Crippen LogP contribution >= 0.6 is 0 Å². The third-order valence-corrected chi connectivity index (χ3v) is 3.32. The van der Waals surface area contributed by atoms with Gasteiger partial charge in [0.25, 0.3) is 10.2 Å². The van der Waals surface area contributed by atoms with Crippen molar-refractivity contribution in [3.63, 3.8) is 0 Å². The Hall–Kier alpha value is -0.950. The lowest BCUT2D eigenvalue weighted by molar-refractivity contribution is 0.568. The number of hydrogen-bond acceptors (Lipinski definition) is 3. The molecule has 0 amide bonds. The second-order valence-corrected chi connectivity index (χ2v) is 4.88. The van der Waals surface area contributed by atoms with Gasteiger partial charge >= 0.3 is 0 Å². The Labute approximate surface area is 96.2 Å². The molecule has 0 radical (unpaired) electrons. The van der Waals surface area contributed by atoms with Crippen LogP contribution in [0.3, 0.4) is 0 Å². The lowest BCUT2D eigenvalue weighted by Gasteiger charge is -2.09. The highest BCUT2D eigenvalue weighted by molar-refractivity contribution is 7.87. The summed E-state index contributed by atoms with van der Waals surface area (Å²) in [5.41, 5.74) is 7.40. The van der Waals surface area contributed by atoms with Gasteiger partial charge < -0.3 is 5.73 Å². The quantitative estimate of drug-likeness (QED) is 0.662. The molecule has 0 aromatic heterocycles. The fraction of sp³-hybridized carbons (Fsp3) is 0.400. The average molecular weight is 243 g/mol. The van der Waals surface area contributed by atoms with E-state index >= 15 is 0 Å². The molecule has 0 spiro atoms. The van der Waals surface area contributed by atoms with Gasteiger partial charge in [-0.2, -0.15) is 13.1 Å². The van der Waals surface area contributed by atoms with E-state index in [1.807, 2.05) is 24.3 Å². The van der Waals surface area contributed by atoms with Crippen LogP contribution in [0, 0.1) is 0 Å². The Kier molecular flexibility index (Phi) is 4.88. The van der Waals surface area contributed by atoms with Crippen LogP contribution in [0.2, 0.25) is 0 Å². The van der Waals surface area contributed by atoms with Crippen molar-refractivity contribution in [3.05, 3.63) is 35.4 Å². The molecule has 16 heavy (non-hydrogen) atoms. The van der Waals surface area contributed by atoms with Gasteiger partial charge in [-0.15, -0.1) is 0 Å². The lowest BCUT2D eigenvalue weighted by Crippen LogP contribution is -2.36. The molecule has 6 heteroatoms. The van der Waals surface area contributed by atoms with E-state index in [1.54, 1.807) is 6.92 Å². The smallest absolute Gasteiger partial charge is 0.277 e. The molecule has 1 rings (SSSR count). The van der Waals surface area contributed by atoms with E-state index in [0.717, 1.165) is 11.1 Å². The molecule has 0 aliphatic heterocycles. The molecule has 0 unspecified atom stereocenters. The fourth-order valence-corrected chi connectivity index (χ4v) is 2.17. The predicted octanol–water partition coefficient (Wildman–Crippen LogP) is 0.0892. The molecule has 0 aliphatic rings. The summed E-state index contributed by atoms with van der Waals surface area (Å²) >= 11 is 0. The van der Waals surface area contributed by atoms with Crippen LogP contribution in [0.1, 0.15) is 18.1 Å². The number of nitrogens with two attached hydrogens (primary N) is 1. The molecular formula is C10H17N3O2S. The van der Waals surface area contributed by atoms with Crippen molar-refractivity contribution in [2.24, 2.45) is 5.73 Å². The van der Waals surface area contributed by atoms with Gasteiger partial charge in [-0.3, -0.25) is 0 Å². The molecule has 0 fully saturated rings. The van der Waals surface area contributed by atoms with E-state index in [-0.39, 0.29) is 6.54 Å². The van der Waals surface area contributed by atoms with E-state index in [1.165, 1.54) is 0 Å². The first-order valence-electron chi connectivity index (χ1n) is 5.10. The largest absolute Gasteiger partial charge is 0.326 e. The van der Waals surface area contributed by atoms with Crippen LogP contribution in [-0.4, -0.2) is 15.0 Å². The Morgan fingerprint density at radius 3 is 2.38 bits per heavy atom. The Balaban J connectivity index is 2.68. The van der Waals surface area contributed by atoms with Crippen molar-refractivity contribution in [1.82, 2.24) is 9.44 Å². The number of nitrogens with one attached hydrogen (secondary N) is 2. The molecule has 0 heterocycles. The van der Waals surface area contributed by atoms with Gasteiger partial charge in [0.05, 0.1) is 0 Å². The topological polar surface area (TPSA) is 84.2 Å². The van der Waals surface area contributed by atoms with E-state index in [0.29, 0.717) is 13.1 Å². The van der Waals surface area contributed by atoms with Gasteiger partial charge in [0.15, 0.2) is 0 Å². The third-order valence-electron chi connectivity index (χ3n) is 2.13. The van der Waals surface area contributed by atoms with E-state index in [2.05, 4.69) is 9.44 Å². The van der Waals surface area contributed by atoms with Gasteiger partial charge in [-0.05, 0) is 11.1 Å². The highest BCUT2D eigenvalue weighted by atomic mass is 32.2. The van der Waals surface area contributed by atoms with Crippen LogP contribution in [0.4, 0.5) is 0 Å². The molecule has 90 valence electrons. The summed E-state index contributed by atoms with van der Waals surface area (Å²) in [6.07, 6.45) is 0. The summed E-state index contributed by atoms with van der Waals surface area (Å²) in [6.45, 7) is 2.75. The zero-order valence-electron chi connectivity index (χ0n) is 9.23. The lowest BCUT2D eigenvalue weighted by atomic mass is 10.1. The zero-order valence-corrected chi connectivity index (χ0v) is 10.0. The minimum absolute atomic E-state index is 0.253. The van der Waals surface area contributed by atoms with Gasteiger partial charge in [-0.25, -0.2) is 4.72 Å². The van der Waals surface area contributed by atoms with Crippen molar-refractivity contribution < 1.29 is 8.42 Å². The Morgan fingerprint density at radius 2 is 1.81 bits per heavy atom. The number of hydrogen-bond donors (Lipinski definition) is 3. The summed E-state index contributed by atoms with van der Waals surface area (Å²) in [7, 11) is -3.40. The monoisotopic (exact) mass is 243 g/mol. The Bertz CT molecular complexity index is 431. The van der Waals surface area contributed by atoms with E-state index < -0.39 is 10.2 Å². The number of rotatable bonds is 6. The second kappa shape index (κ2) is 5.95. The molecule has 0 saturated carbocycles. The first kappa shape index (κ1) is 13.1. The predicted molar refractivity (Wildman–Crippen MR) is 63.8 cm³/mol. The third kappa shape index (κ3) is 3.90. The summed E-state index contributed by atoms with van der Waals surface area (Å²) in [5.74, 6) is 0. The zero-order chi connectivity index (χ0) is 12.0. The summed E-state index contributed by atoms with van der Waals surface area (Å²) in [4.78, 5) is 0. The fourth-order valence-electron chi connectivity index (χ4n) is 1.34. The summed E-state index contributed by atoms with van der Waals surface area (Å²) in [5, 5.41) is 0. The maximum atomic E-state index is 11.4. The molecular weight excluding hydrogens is 226 g/mol. The van der Waals surface area contributed by atoms with Crippen molar-refractivity contribution in [3.8, 4) is 0 Å². The molecule has 1 aromatic rings. The maximum Gasteiger partial charge on any atom is 0.277 e. The van der Waals surface area contributed by atoms with Gasteiger partial charge in [0.1, 0.15) is 0 Å². The minimum Gasteiger partial charge on any atom is -0.326 e. The van der Waals surface area contributed by atoms with E-state index in [9.17, 15) is 8.42 Å². The van der Waals surface area contributed by atoms with Crippen LogP contribution in [-0.2, 0) is 23.3 Å². The second-order valence-electron chi connectivity index (χ2n) is 3.30. The van der Waals surface area contributed by atoms with Crippen LogP contribution in [0.25, 0.3) is 0 Å². The van der Waals surface area contributed by atoms with Gasteiger partial charge in [0.2, 0.25) is 0 Å². The molecule has 5 nitrogen and oxygen atoms in total. The van der Waals surface area contributed by atoms with Crippen molar-refractivity contribution in [2.45, 2.75) is 20.0 Å². The first-order valence-corrected chi connectivity index (χ1v) is 6.58. The number of benzene rings is 1. The minimum atomic E-state index is -3.40. The normalized spacial score (nSPS) is 11.6. The van der Waals surface area contributed by atoms with Crippen LogP contribution < -0.4 is 15.2 Å². The molecule has 0 bridgehead atoms. The summed E-state index contributed by atoms with van der Waals surface area (Å²) < 4.78 is 27.5. The highest BCUT2D eigenvalue weighted by Gasteiger charge is 2.08. The van der Waals surface area contributed by atoms with Crippen LogP contribution in [0.15, 0.2) is 24.3 Å². The van der Waals surface area contributed by atoms with E-state index in [4.69, 9.17) is 5.73 Å². The van der Waals surface area contributed by atoms with Crippen molar-refractivity contribution >= 4 is 10.2 Å². The first-order chi connectivity index (χ1) is 7.59.